The van der Waals surface area contributed by atoms with Crippen LogP contribution in [-0.4, -0.2) is 19.4 Å². The minimum absolute atomic E-state index is 0.215. The highest BCUT2D eigenvalue weighted by molar-refractivity contribution is 5.79. The summed E-state index contributed by atoms with van der Waals surface area (Å²) in [5.41, 5.74) is 3.75. The second kappa shape index (κ2) is 5.27. The lowest BCUT2D eigenvalue weighted by molar-refractivity contribution is 0.242. The Morgan fingerprint density at radius 1 is 1.29 bits per heavy atom. The van der Waals surface area contributed by atoms with Crippen molar-refractivity contribution in [2.24, 2.45) is 5.10 Å². The molecule has 0 aliphatic heterocycles. The van der Waals surface area contributed by atoms with Crippen LogP contribution in [0.1, 0.15) is 19.4 Å². The summed E-state index contributed by atoms with van der Waals surface area (Å²) in [7, 11) is 1.77. The molecule has 0 atom stereocenters. The van der Waals surface area contributed by atoms with E-state index in [0.717, 1.165) is 11.3 Å². The topological polar surface area (TPSA) is 33.6 Å². The summed E-state index contributed by atoms with van der Waals surface area (Å²) in [5.74, 6) is 0.890. The Morgan fingerprint density at radius 2 is 1.93 bits per heavy atom. The largest absolute Gasteiger partial charge is 0.491 e. The molecule has 3 nitrogen and oxygen atoms in total. The Morgan fingerprint density at radius 3 is 2.43 bits per heavy atom. The van der Waals surface area contributed by atoms with Crippen molar-refractivity contribution in [3.8, 4) is 5.75 Å². The van der Waals surface area contributed by atoms with Crippen LogP contribution in [0, 0.1) is 0 Å². The van der Waals surface area contributed by atoms with Gasteiger partial charge in [0.25, 0.3) is 0 Å². The van der Waals surface area contributed by atoms with E-state index in [1.807, 2.05) is 38.1 Å². The third-order valence-corrected chi connectivity index (χ3v) is 1.59. The fourth-order valence-corrected chi connectivity index (χ4v) is 1.04. The first-order chi connectivity index (χ1) is 6.72. The van der Waals surface area contributed by atoms with E-state index in [2.05, 4.69) is 10.5 Å². The smallest absolute Gasteiger partial charge is 0.119 e. The van der Waals surface area contributed by atoms with Crippen molar-refractivity contribution in [1.82, 2.24) is 5.43 Å². The molecule has 1 aromatic carbocycles. The number of benzene rings is 1. The van der Waals surface area contributed by atoms with E-state index >= 15 is 0 Å². The van der Waals surface area contributed by atoms with Crippen molar-refractivity contribution in [2.45, 2.75) is 20.0 Å². The van der Waals surface area contributed by atoms with Crippen LogP contribution >= 0.6 is 0 Å². The molecule has 0 unspecified atom stereocenters. The van der Waals surface area contributed by atoms with Gasteiger partial charge in [-0.15, -0.1) is 0 Å². The number of hydrazone groups is 1. The van der Waals surface area contributed by atoms with Crippen LogP contribution in [0.3, 0.4) is 0 Å². The molecular weight excluding hydrogens is 176 g/mol. The van der Waals surface area contributed by atoms with Gasteiger partial charge in [0.2, 0.25) is 0 Å². The number of nitrogens with zero attached hydrogens (tertiary/aromatic N) is 1. The molecular formula is C11H16N2O. The first kappa shape index (κ1) is 10.6. The van der Waals surface area contributed by atoms with Crippen molar-refractivity contribution < 1.29 is 4.74 Å². The maximum absolute atomic E-state index is 5.51. The van der Waals surface area contributed by atoms with Gasteiger partial charge in [0, 0.05) is 7.05 Å². The first-order valence-electron chi connectivity index (χ1n) is 4.69. The molecule has 1 N–H and O–H groups in total. The van der Waals surface area contributed by atoms with Gasteiger partial charge in [-0.05, 0) is 43.7 Å². The minimum atomic E-state index is 0.215. The molecule has 0 spiro atoms. The van der Waals surface area contributed by atoms with Crippen LogP contribution < -0.4 is 10.2 Å². The molecule has 0 heterocycles. The predicted octanol–water partition coefficient (Wildman–Crippen LogP) is 2.03. The van der Waals surface area contributed by atoms with E-state index in [1.54, 1.807) is 13.3 Å². The fraction of sp³-hybridized carbons (Fsp3) is 0.364. The van der Waals surface area contributed by atoms with Crippen molar-refractivity contribution in [1.29, 1.82) is 0 Å². The van der Waals surface area contributed by atoms with Gasteiger partial charge in [0.1, 0.15) is 5.75 Å². The summed E-state index contributed by atoms with van der Waals surface area (Å²) < 4.78 is 5.51. The SMILES string of the molecule is CN/N=C/c1ccc(OC(C)C)cc1. The molecule has 1 rings (SSSR count). The number of nitrogens with one attached hydrogen (secondary N) is 1. The second-order valence-corrected chi connectivity index (χ2v) is 3.22. The molecule has 0 amide bonds. The van der Waals surface area contributed by atoms with Gasteiger partial charge in [0.15, 0.2) is 0 Å². The maximum Gasteiger partial charge on any atom is 0.119 e. The van der Waals surface area contributed by atoms with Crippen molar-refractivity contribution >= 4 is 6.21 Å². The molecule has 1 aromatic rings. The maximum atomic E-state index is 5.51. The lowest BCUT2D eigenvalue weighted by atomic mass is 10.2. The highest BCUT2D eigenvalue weighted by Gasteiger charge is 1.96. The molecule has 0 saturated carbocycles. The molecule has 3 heteroatoms. The standard InChI is InChI=1S/C11H16N2O/c1-9(2)14-11-6-4-10(5-7-11)8-13-12-3/h4-9,12H,1-3H3/b13-8+. The van der Waals surface area contributed by atoms with Crippen LogP contribution in [0.15, 0.2) is 29.4 Å². The zero-order chi connectivity index (χ0) is 10.4. The summed E-state index contributed by atoms with van der Waals surface area (Å²) in [6.45, 7) is 4.02. The quantitative estimate of drug-likeness (QED) is 0.585. The highest BCUT2D eigenvalue weighted by atomic mass is 16.5. The number of rotatable bonds is 4. The molecule has 0 aliphatic carbocycles. The van der Waals surface area contributed by atoms with Gasteiger partial charge in [-0.1, -0.05) is 0 Å². The Balaban J connectivity index is 2.64. The van der Waals surface area contributed by atoms with E-state index in [1.165, 1.54) is 0 Å². The average Bonchev–Trinajstić information content (AvgIpc) is 2.16. The Hall–Kier alpha value is -1.51. The van der Waals surface area contributed by atoms with Gasteiger partial charge >= 0.3 is 0 Å². The van der Waals surface area contributed by atoms with Crippen LogP contribution in [-0.2, 0) is 0 Å². The number of ether oxygens (including phenoxy) is 1. The van der Waals surface area contributed by atoms with E-state index < -0.39 is 0 Å². The Kier molecular flexibility index (Phi) is 3.98. The summed E-state index contributed by atoms with van der Waals surface area (Å²) in [6.07, 6.45) is 1.98. The van der Waals surface area contributed by atoms with Gasteiger partial charge in [-0.3, -0.25) is 0 Å². The normalized spacial score (nSPS) is 10.9. The molecule has 0 saturated heterocycles. The van der Waals surface area contributed by atoms with Gasteiger partial charge in [-0.2, -0.15) is 5.10 Å². The third kappa shape index (κ3) is 3.47. The molecule has 14 heavy (non-hydrogen) atoms. The van der Waals surface area contributed by atoms with Gasteiger partial charge < -0.3 is 10.2 Å². The van der Waals surface area contributed by atoms with Gasteiger partial charge in [0.05, 0.1) is 12.3 Å². The summed E-state index contributed by atoms with van der Waals surface area (Å²) >= 11 is 0. The minimum Gasteiger partial charge on any atom is -0.491 e. The number of hydrogen-bond acceptors (Lipinski definition) is 3. The average molecular weight is 192 g/mol. The zero-order valence-electron chi connectivity index (χ0n) is 8.82. The fourth-order valence-electron chi connectivity index (χ4n) is 1.04. The Bertz CT molecular complexity index is 291. The molecule has 76 valence electrons. The summed E-state index contributed by atoms with van der Waals surface area (Å²) in [6, 6.07) is 7.82. The molecule has 0 fully saturated rings. The molecule has 0 aromatic heterocycles. The summed E-state index contributed by atoms with van der Waals surface area (Å²) in [5, 5.41) is 3.92. The van der Waals surface area contributed by atoms with E-state index in [-0.39, 0.29) is 6.10 Å². The molecule has 0 bridgehead atoms. The van der Waals surface area contributed by atoms with E-state index in [4.69, 9.17) is 4.74 Å². The zero-order valence-corrected chi connectivity index (χ0v) is 8.82. The Labute approximate surface area is 84.8 Å². The van der Waals surface area contributed by atoms with Crippen molar-refractivity contribution in [2.75, 3.05) is 7.05 Å². The second-order valence-electron chi connectivity index (χ2n) is 3.22. The number of hydrogen-bond donors (Lipinski definition) is 1. The van der Waals surface area contributed by atoms with Crippen LogP contribution in [0.25, 0.3) is 0 Å². The lowest BCUT2D eigenvalue weighted by Crippen LogP contribution is -2.05. The summed E-state index contributed by atoms with van der Waals surface area (Å²) in [4.78, 5) is 0. The van der Waals surface area contributed by atoms with E-state index in [9.17, 15) is 0 Å². The monoisotopic (exact) mass is 192 g/mol. The highest BCUT2D eigenvalue weighted by Crippen LogP contribution is 2.12. The predicted molar refractivity (Wildman–Crippen MR) is 58.9 cm³/mol. The third-order valence-electron chi connectivity index (χ3n) is 1.59. The lowest BCUT2D eigenvalue weighted by Gasteiger charge is -2.08. The van der Waals surface area contributed by atoms with Crippen molar-refractivity contribution in [3.05, 3.63) is 29.8 Å². The van der Waals surface area contributed by atoms with Crippen LogP contribution in [0.2, 0.25) is 0 Å². The van der Waals surface area contributed by atoms with Crippen LogP contribution in [0.5, 0.6) is 5.75 Å². The van der Waals surface area contributed by atoms with Gasteiger partial charge in [-0.25, -0.2) is 0 Å². The first-order valence-corrected chi connectivity index (χ1v) is 4.69. The van der Waals surface area contributed by atoms with Crippen LogP contribution in [0.4, 0.5) is 0 Å². The van der Waals surface area contributed by atoms with E-state index in [0.29, 0.717) is 0 Å². The van der Waals surface area contributed by atoms with Crippen molar-refractivity contribution in [3.63, 3.8) is 0 Å². The molecule has 0 radical (unpaired) electrons. The molecule has 0 aliphatic rings.